The maximum atomic E-state index is 13.0. The lowest BCUT2D eigenvalue weighted by atomic mass is 10.3. The smallest absolute Gasteiger partial charge is 0.292 e. The number of nitrogens with zero attached hydrogens (tertiary/aromatic N) is 1. The molecule has 2 N–H and O–H groups in total. The van der Waals surface area contributed by atoms with Crippen LogP contribution in [-0.4, -0.2) is 32.5 Å². The summed E-state index contributed by atoms with van der Waals surface area (Å²) < 4.78 is 39.5. The van der Waals surface area contributed by atoms with Gasteiger partial charge in [-0.2, -0.15) is 0 Å². The minimum absolute atomic E-state index is 0.311. The van der Waals surface area contributed by atoms with Crippen molar-refractivity contribution in [3.8, 4) is 0 Å². The average molecular weight is 289 g/mol. The fourth-order valence-electron chi connectivity index (χ4n) is 1.90. The summed E-state index contributed by atoms with van der Waals surface area (Å²) in [6.45, 7) is 1.15. The minimum atomic E-state index is -4.03. The highest BCUT2D eigenvalue weighted by molar-refractivity contribution is 7.89. The molecular formula is C10H12FN3O4S. The quantitative estimate of drug-likeness (QED) is 0.616. The molecule has 0 unspecified atom stereocenters. The molecule has 104 valence electrons. The van der Waals surface area contributed by atoms with Crippen LogP contribution in [0.3, 0.4) is 0 Å². The lowest BCUT2D eigenvalue weighted by molar-refractivity contribution is -0.388. The molecule has 1 heterocycles. The number of rotatable bonds is 4. The molecule has 9 heteroatoms. The third-order valence-corrected chi connectivity index (χ3v) is 4.36. The highest BCUT2D eigenvalue weighted by Gasteiger charge is 2.29. The first-order chi connectivity index (χ1) is 8.90. The van der Waals surface area contributed by atoms with Crippen molar-refractivity contribution in [2.24, 2.45) is 0 Å². The first-order valence-corrected chi connectivity index (χ1v) is 7.05. The highest BCUT2D eigenvalue weighted by atomic mass is 32.2. The van der Waals surface area contributed by atoms with Gasteiger partial charge in [0.05, 0.1) is 11.0 Å². The number of hydrogen-bond donors (Lipinski definition) is 2. The van der Waals surface area contributed by atoms with E-state index in [1.54, 1.807) is 0 Å². The van der Waals surface area contributed by atoms with Crippen LogP contribution >= 0.6 is 0 Å². The summed E-state index contributed by atoms with van der Waals surface area (Å²) >= 11 is 0. The first kappa shape index (κ1) is 13.8. The molecule has 1 fully saturated rings. The molecule has 2 rings (SSSR count). The summed E-state index contributed by atoms with van der Waals surface area (Å²) in [7, 11) is -4.03. The Morgan fingerprint density at radius 1 is 1.47 bits per heavy atom. The van der Waals surface area contributed by atoms with E-state index in [9.17, 15) is 22.9 Å². The Morgan fingerprint density at radius 3 is 2.79 bits per heavy atom. The molecule has 1 aliphatic heterocycles. The number of benzene rings is 1. The van der Waals surface area contributed by atoms with E-state index in [0.717, 1.165) is 12.1 Å². The van der Waals surface area contributed by atoms with Gasteiger partial charge >= 0.3 is 0 Å². The van der Waals surface area contributed by atoms with Gasteiger partial charge in [0.2, 0.25) is 10.0 Å². The molecule has 0 spiro atoms. The van der Waals surface area contributed by atoms with Crippen molar-refractivity contribution in [1.82, 2.24) is 10.0 Å². The van der Waals surface area contributed by atoms with Gasteiger partial charge in [-0.05, 0) is 25.1 Å². The highest BCUT2D eigenvalue weighted by Crippen LogP contribution is 2.24. The second-order valence-electron chi connectivity index (χ2n) is 4.18. The van der Waals surface area contributed by atoms with Crippen molar-refractivity contribution < 1.29 is 17.7 Å². The van der Waals surface area contributed by atoms with Crippen LogP contribution in [0, 0.1) is 15.9 Å². The van der Waals surface area contributed by atoms with E-state index in [2.05, 4.69) is 10.0 Å². The Kier molecular flexibility index (Phi) is 3.78. The fourth-order valence-corrected chi connectivity index (χ4v) is 3.32. The lowest BCUT2D eigenvalue weighted by Crippen LogP contribution is -2.36. The number of halogens is 1. The average Bonchev–Trinajstić information content (AvgIpc) is 2.80. The van der Waals surface area contributed by atoms with Crippen molar-refractivity contribution in [3.63, 3.8) is 0 Å². The number of hydrogen-bond acceptors (Lipinski definition) is 5. The van der Waals surface area contributed by atoms with Crippen molar-refractivity contribution in [1.29, 1.82) is 0 Å². The predicted molar refractivity (Wildman–Crippen MR) is 64.7 cm³/mol. The lowest BCUT2D eigenvalue weighted by Gasteiger charge is -2.12. The topological polar surface area (TPSA) is 101 Å². The van der Waals surface area contributed by atoms with Crippen molar-refractivity contribution in [2.45, 2.75) is 17.4 Å². The molecule has 1 atom stereocenters. The molecule has 1 aliphatic rings. The van der Waals surface area contributed by atoms with Gasteiger partial charge in [0.15, 0.2) is 4.90 Å². The largest absolute Gasteiger partial charge is 0.315 e. The molecule has 0 amide bonds. The Hall–Kier alpha value is -1.58. The molecule has 0 aromatic heterocycles. The minimum Gasteiger partial charge on any atom is -0.315 e. The van der Waals surface area contributed by atoms with Gasteiger partial charge < -0.3 is 5.32 Å². The van der Waals surface area contributed by atoms with Crippen LogP contribution in [0.5, 0.6) is 0 Å². The van der Waals surface area contributed by atoms with E-state index in [1.165, 1.54) is 0 Å². The zero-order chi connectivity index (χ0) is 14.0. The number of nitro benzene ring substituents is 1. The van der Waals surface area contributed by atoms with Crippen LogP contribution in [0.2, 0.25) is 0 Å². The first-order valence-electron chi connectivity index (χ1n) is 5.57. The van der Waals surface area contributed by atoms with E-state index in [4.69, 9.17) is 0 Å². The second kappa shape index (κ2) is 5.19. The van der Waals surface area contributed by atoms with Gasteiger partial charge in [0.1, 0.15) is 5.82 Å². The summed E-state index contributed by atoms with van der Waals surface area (Å²) in [6, 6.07) is 2.07. The monoisotopic (exact) mass is 289 g/mol. The van der Waals surface area contributed by atoms with E-state index in [1.807, 2.05) is 0 Å². The maximum absolute atomic E-state index is 13.0. The number of sulfonamides is 1. The van der Waals surface area contributed by atoms with E-state index in [0.29, 0.717) is 25.6 Å². The Bertz CT molecular complexity index is 599. The number of nitrogens with one attached hydrogen (secondary N) is 2. The van der Waals surface area contributed by atoms with Crippen LogP contribution < -0.4 is 10.0 Å². The molecule has 1 aromatic rings. The van der Waals surface area contributed by atoms with Gasteiger partial charge in [-0.3, -0.25) is 10.1 Å². The van der Waals surface area contributed by atoms with Crippen LogP contribution in [-0.2, 0) is 10.0 Å². The van der Waals surface area contributed by atoms with Gasteiger partial charge in [-0.25, -0.2) is 17.5 Å². The van der Waals surface area contributed by atoms with Crippen LogP contribution in [0.15, 0.2) is 23.1 Å². The second-order valence-corrected chi connectivity index (χ2v) is 5.86. The van der Waals surface area contributed by atoms with Gasteiger partial charge in [-0.1, -0.05) is 0 Å². The normalized spacial score (nSPS) is 19.5. The molecule has 19 heavy (non-hydrogen) atoms. The third kappa shape index (κ3) is 3.06. The molecule has 0 bridgehead atoms. The van der Waals surface area contributed by atoms with E-state index in [-0.39, 0.29) is 6.04 Å². The molecule has 1 aromatic carbocycles. The SMILES string of the molecule is O=[N+]([O-])c1cc(F)ccc1S(=O)(=O)N[C@@H]1CCNC1. The third-order valence-electron chi connectivity index (χ3n) is 2.79. The van der Waals surface area contributed by atoms with Crippen molar-refractivity contribution in [2.75, 3.05) is 13.1 Å². The Balaban J connectivity index is 2.36. The van der Waals surface area contributed by atoms with Crippen molar-refractivity contribution >= 4 is 15.7 Å². The molecule has 0 aliphatic carbocycles. The van der Waals surface area contributed by atoms with Crippen LogP contribution in [0.4, 0.5) is 10.1 Å². The summed E-state index contributed by atoms with van der Waals surface area (Å²) in [5.74, 6) is -0.854. The van der Waals surface area contributed by atoms with Gasteiger partial charge in [-0.15, -0.1) is 0 Å². The van der Waals surface area contributed by atoms with E-state index >= 15 is 0 Å². The molecule has 7 nitrogen and oxygen atoms in total. The molecule has 0 radical (unpaired) electrons. The van der Waals surface area contributed by atoms with Crippen LogP contribution in [0.25, 0.3) is 0 Å². The van der Waals surface area contributed by atoms with Crippen molar-refractivity contribution in [3.05, 3.63) is 34.1 Å². The van der Waals surface area contributed by atoms with Gasteiger partial charge in [0, 0.05) is 12.6 Å². The Labute approximate surface area is 109 Å². The molecular weight excluding hydrogens is 277 g/mol. The standard InChI is InChI=1S/C10H12FN3O4S/c11-7-1-2-10(9(5-7)14(15)16)19(17,18)13-8-3-4-12-6-8/h1-2,5,8,12-13H,3-4,6H2/t8-/m1/s1. The molecule has 1 saturated heterocycles. The van der Waals surface area contributed by atoms with Gasteiger partial charge in [0.25, 0.3) is 5.69 Å². The maximum Gasteiger partial charge on any atom is 0.292 e. The Morgan fingerprint density at radius 2 is 2.21 bits per heavy atom. The summed E-state index contributed by atoms with van der Waals surface area (Å²) in [4.78, 5) is 9.36. The summed E-state index contributed by atoms with van der Waals surface area (Å²) in [5.41, 5.74) is -0.765. The summed E-state index contributed by atoms with van der Waals surface area (Å²) in [6.07, 6.45) is 0.605. The zero-order valence-corrected chi connectivity index (χ0v) is 10.6. The predicted octanol–water partition coefficient (Wildman–Crippen LogP) is 0.374. The molecule has 0 saturated carbocycles. The number of nitro groups is 1. The zero-order valence-electron chi connectivity index (χ0n) is 9.80. The van der Waals surface area contributed by atoms with E-state index < -0.39 is 31.3 Å². The van der Waals surface area contributed by atoms with Crippen LogP contribution in [0.1, 0.15) is 6.42 Å². The summed E-state index contributed by atoms with van der Waals surface area (Å²) in [5, 5.41) is 13.8. The fraction of sp³-hybridized carbons (Fsp3) is 0.400.